The Morgan fingerprint density at radius 1 is 1.41 bits per heavy atom. The molecule has 1 aromatic rings. The summed E-state index contributed by atoms with van der Waals surface area (Å²) in [6.45, 7) is 0.497. The first-order chi connectivity index (χ1) is 7.85. The minimum atomic E-state index is -4.35. The first-order valence-electron chi connectivity index (χ1n) is 4.83. The second kappa shape index (κ2) is 5.37. The maximum atomic E-state index is 11.8. The highest BCUT2D eigenvalue weighted by Crippen LogP contribution is 2.20. The van der Waals surface area contributed by atoms with Crippen LogP contribution in [-0.4, -0.2) is 29.7 Å². The summed E-state index contributed by atoms with van der Waals surface area (Å²) in [5, 5.41) is 4.08. The summed E-state index contributed by atoms with van der Waals surface area (Å²) in [6.07, 6.45) is -4.35. The number of hydrogen-bond acceptors (Lipinski definition) is 4. The van der Waals surface area contributed by atoms with Crippen LogP contribution in [0.1, 0.15) is 11.3 Å². The van der Waals surface area contributed by atoms with E-state index in [0.717, 1.165) is 0 Å². The van der Waals surface area contributed by atoms with Crippen molar-refractivity contribution in [2.45, 2.75) is 19.6 Å². The molecule has 0 atom stereocenters. The number of methoxy groups -OCH3 is 1. The van der Waals surface area contributed by atoms with E-state index in [1.54, 1.807) is 14.0 Å². The van der Waals surface area contributed by atoms with Gasteiger partial charge < -0.3 is 4.74 Å². The second-order valence-corrected chi connectivity index (χ2v) is 3.42. The summed E-state index contributed by atoms with van der Waals surface area (Å²) in [6, 6.07) is 0. The molecule has 5 nitrogen and oxygen atoms in total. The maximum absolute atomic E-state index is 11.8. The Morgan fingerprint density at radius 2 is 2.06 bits per heavy atom. The summed E-state index contributed by atoms with van der Waals surface area (Å²) >= 11 is 0. The number of ether oxygens (including phenoxy) is 1. The van der Waals surface area contributed by atoms with Crippen LogP contribution in [0.3, 0.4) is 0 Å². The molecule has 1 N–H and O–H groups in total. The minimum absolute atomic E-state index is 0.0962. The predicted molar refractivity (Wildman–Crippen MR) is 53.3 cm³/mol. The molecule has 8 heteroatoms. The van der Waals surface area contributed by atoms with Crippen molar-refractivity contribution in [3.05, 3.63) is 11.3 Å². The molecule has 1 rings (SSSR count). The van der Waals surface area contributed by atoms with Crippen molar-refractivity contribution in [1.29, 1.82) is 0 Å². The Morgan fingerprint density at radius 3 is 2.59 bits per heavy atom. The molecule has 0 aliphatic carbocycles. The number of halogens is 3. The van der Waals surface area contributed by atoms with Gasteiger partial charge in [-0.25, -0.2) is 4.68 Å². The van der Waals surface area contributed by atoms with Crippen LogP contribution < -0.4 is 10.2 Å². The van der Waals surface area contributed by atoms with Crippen LogP contribution in [-0.2, 0) is 18.4 Å². The zero-order valence-corrected chi connectivity index (χ0v) is 9.76. The number of hydroxylamine groups is 1. The van der Waals surface area contributed by atoms with Gasteiger partial charge >= 0.3 is 6.18 Å². The molecule has 0 unspecified atom stereocenters. The molecule has 0 aliphatic rings. The van der Waals surface area contributed by atoms with Gasteiger partial charge in [0.1, 0.15) is 0 Å². The third kappa shape index (κ3) is 3.90. The highest BCUT2D eigenvalue weighted by atomic mass is 19.4. The molecule has 0 amide bonds. The molecule has 0 saturated carbocycles. The van der Waals surface area contributed by atoms with Gasteiger partial charge in [-0.05, 0) is 6.92 Å². The SMILES string of the molecule is COc1c(CNOCC(F)(F)F)c(C)nn1C. The summed E-state index contributed by atoms with van der Waals surface area (Å²) in [4.78, 5) is 4.30. The van der Waals surface area contributed by atoms with Crippen LogP contribution in [0.15, 0.2) is 0 Å². The van der Waals surface area contributed by atoms with Crippen molar-refractivity contribution in [2.24, 2.45) is 7.05 Å². The molecule has 0 aliphatic heterocycles. The smallest absolute Gasteiger partial charge is 0.413 e. The van der Waals surface area contributed by atoms with Crippen molar-refractivity contribution >= 4 is 0 Å². The molecular formula is C9H14F3N3O2. The van der Waals surface area contributed by atoms with Crippen molar-refractivity contribution in [2.75, 3.05) is 13.7 Å². The summed E-state index contributed by atoms with van der Waals surface area (Å²) in [7, 11) is 3.16. The van der Waals surface area contributed by atoms with E-state index in [0.29, 0.717) is 17.1 Å². The number of alkyl halides is 3. The van der Waals surface area contributed by atoms with Gasteiger partial charge in [-0.2, -0.15) is 23.8 Å². The lowest BCUT2D eigenvalue weighted by molar-refractivity contribution is -0.190. The van der Waals surface area contributed by atoms with Crippen LogP contribution in [0.25, 0.3) is 0 Å². The van der Waals surface area contributed by atoms with E-state index in [4.69, 9.17) is 4.74 Å². The average molecular weight is 253 g/mol. The molecule has 1 heterocycles. The first kappa shape index (κ1) is 13.8. The quantitative estimate of drug-likeness (QED) is 0.635. The molecule has 1 aromatic heterocycles. The van der Waals surface area contributed by atoms with Gasteiger partial charge in [0.25, 0.3) is 0 Å². The topological polar surface area (TPSA) is 48.3 Å². The fourth-order valence-corrected chi connectivity index (χ4v) is 1.40. The van der Waals surface area contributed by atoms with Gasteiger partial charge in [0.2, 0.25) is 5.88 Å². The minimum Gasteiger partial charge on any atom is -0.481 e. The summed E-state index contributed by atoms with van der Waals surface area (Å²) in [5.41, 5.74) is 3.57. The third-order valence-electron chi connectivity index (χ3n) is 2.07. The highest BCUT2D eigenvalue weighted by molar-refractivity contribution is 5.30. The van der Waals surface area contributed by atoms with E-state index < -0.39 is 12.8 Å². The van der Waals surface area contributed by atoms with E-state index >= 15 is 0 Å². The lowest BCUT2D eigenvalue weighted by Crippen LogP contribution is -2.24. The van der Waals surface area contributed by atoms with Gasteiger partial charge in [-0.1, -0.05) is 0 Å². The number of rotatable bonds is 5. The largest absolute Gasteiger partial charge is 0.481 e. The lowest BCUT2D eigenvalue weighted by atomic mass is 10.2. The molecule has 17 heavy (non-hydrogen) atoms. The van der Waals surface area contributed by atoms with E-state index in [1.165, 1.54) is 11.8 Å². The molecule has 0 fully saturated rings. The predicted octanol–water partition coefficient (Wildman–Crippen LogP) is 1.32. The van der Waals surface area contributed by atoms with Gasteiger partial charge in [0.15, 0.2) is 6.61 Å². The standard InChI is InChI=1S/C9H14F3N3O2/c1-6-7(8(16-3)15(2)14-6)4-13-17-5-9(10,11)12/h13H,4-5H2,1-3H3. The van der Waals surface area contributed by atoms with Gasteiger partial charge in [0.05, 0.1) is 24.9 Å². The first-order valence-corrected chi connectivity index (χ1v) is 4.83. The number of hydrogen-bond donors (Lipinski definition) is 1. The fraction of sp³-hybridized carbons (Fsp3) is 0.667. The third-order valence-corrected chi connectivity index (χ3v) is 2.07. The van der Waals surface area contributed by atoms with Crippen LogP contribution in [0, 0.1) is 6.92 Å². The Hall–Kier alpha value is -1.28. The van der Waals surface area contributed by atoms with Crippen LogP contribution in [0.2, 0.25) is 0 Å². The molecule has 0 radical (unpaired) electrons. The highest BCUT2D eigenvalue weighted by Gasteiger charge is 2.27. The Kier molecular flexibility index (Phi) is 4.35. The van der Waals surface area contributed by atoms with Gasteiger partial charge in [-0.3, -0.25) is 4.84 Å². The second-order valence-electron chi connectivity index (χ2n) is 3.42. The molecule has 0 spiro atoms. The van der Waals surface area contributed by atoms with E-state index in [9.17, 15) is 13.2 Å². The maximum Gasteiger partial charge on any atom is 0.413 e. The molecule has 0 bridgehead atoms. The zero-order chi connectivity index (χ0) is 13.1. The number of aromatic nitrogens is 2. The number of nitrogens with one attached hydrogen (secondary N) is 1. The van der Waals surface area contributed by atoms with Crippen LogP contribution in [0.4, 0.5) is 13.2 Å². The van der Waals surface area contributed by atoms with Crippen molar-refractivity contribution in [3.8, 4) is 5.88 Å². The monoisotopic (exact) mass is 253 g/mol. The van der Waals surface area contributed by atoms with E-state index in [1.807, 2.05) is 0 Å². The van der Waals surface area contributed by atoms with Crippen molar-refractivity contribution in [3.63, 3.8) is 0 Å². The molecular weight excluding hydrogens is 239 g/mol. The van der Waals surface area contributed by atoms with E-state index in [-0.39, 0.29) is 6.54 Å². The summed E-state index contributed by atoms with van der Waals surface area (Å²) < 4.78 is 42.0. The van der Waals surface area contributed by atoms with Gasteiger partial charge in [0, 0.05) is 7.05 Å². The summed E-state index contributed by atoms with van der Waals surface area (Å²) in [5.74, 6) is 0.491. The van der Waals surface area contributed by atoms with Crippen LogP contribution in [0.5, 0.6) is 5.88 Å². The molecule has 0 saturated heterocycles. The Balaban J connectivity index is 2.52. The fourth-order valence-electron chi connectivity index (χ4n) is 1.40. The normalized spacial score (nSPS) is 11.9. The molecule has 98 valence electrons. The number of nitrogens with zero attached hydrogens (tertiary/aromatic N) is 2. The number of aryl methyl sites for hydroxylation is 2. The van der Waals surface area contributed by atoms with Gasteiger partial charge in [-0.15, -0.1) is 0 Å². The van der Waals surface area contributed by atoms with E-state index in [2.05, 4.69) is 15.4 Å². The zero-order valence-electron chi connectivity index (χ0n) is 9.76. The Bertz CT molecular complexity index is 376. The van der Waals surface area contributed by atoms with Crippen molar-refractivity contribution < 1.29 is 22.7 Å². The molecule has 0 aromatic carbocycles. The van der Waals surface area contributed by atoms with Crippen LogP contribution >= 0.6 is 0 Å². The average Bonchev–Trinajstić information content (AvgIpc) is 2.46. The Labute approximate surface area is 96.5 Å². The lowest BCUT2D eigenvalue weighted by Gasteiger charge is -2.09. The van der Waals surface area contributed by atoms with Crippen molar-refractivity contribution in [1.82, 2.24) is 15.3 Å².